The first kappa shape index (κ1) is 18.4. The molecule has 1 aromatic heterocycles. The molecule has 1 saturated carbocycles. The van der Waals surface area contributed by atoms with Gasteiger partial charge in [0, 0.05) is 18.0 Å². The van der Waals surface area contributed by atoms with Crippen molar-refractivity contribution in [2.75, 3.05) is 16.2 Å². The van der Waals surface area contributed by atoms with Crippen LogP contribution in [-0.4, -0.2) is 29.0 Å². The number of anilines is 3. The number of nitrogens with zero attached hydrogens (tertiary/aromatic N) is 2. The van der Waals surface area contributed by atoms with Crippen molar-refractivity contribution in [2.24, 2.45) is 0 Å². The van der Waals surface area contributed by atoms with E-state index in [9.17, 15) is 8.42 Å². The van der Waals surface area contributed by atoms with Gasteiger partial charge >= 0.3 is 0 Å². The summed E-state index contributed by atoms with van der Waals surface area (Å²) < 4.78 is 31.2. The smallest absolute Gasteiger partial charge is 0.294 e. The quantitative estimate of drug-likeness (QED) is 0.409. The van der Waals surface area contributed by atoms with Crippen molar-refractivity contribution in [3.63, 3.8) is 0 Å². The fraction of sp³-hybridized carbons (Fsp3) is 0.412. The minimum Gasteiger partial charge on any atom is -0.352 e. The Morgan fingerprint density at radius 3 is 2.46 bits per heavy atom. The lowest BCUT2D eigenvalue weighted by Gasteiger charge is -2.15. The molecule has 9 heteroatoms. The van der Waals surface area contributed by atoms with E-state index in [4.69, 9.17) is 4.55 Å². The van der Waals surface area contributed by atoms with Crippen LogP contribution in [0.4, 0.5) is 17.5 Å². The number of benzene rings is 1. The van der Waals surface area contributed by atoms with Gasteiger partial charge in [0.15, 0.2) is 0 Å². The summed E-state index contributed by atoms with van der Waals surface area (Å²) in [5, 5.41) is 3.29. The Morgan fingerprint density at radius 2 is 1.88 bits per heavy atom. The van der Waals surface area contributed by atoms with E-state index in [1.54, 1.807) is 12.1 Å². The number of aromatic nitrogens is 2. The summed E-state index contributed by atoms with van der Waals surface area (Å²) in [4.78, 5) is 8.91. The first-order valence-electron chi connectivity index (χ1n) is 8.60. The molecule has 26 heavy (non-hydrogen) atoms. The van der Waals surface area contributed by atoms with Gasteiger partial charge in [-0.2, -0.15) is 13.4 Å². The molecule has 140 valence electrons. The molecule has 0 saturated heterocycles. The van der Waals surface area contributed by atoms with E-state index in [2.05, 4.69) is 40.0 Å². The molecular formula is C17H23N5O3S. The third-order valence-corrected chi connectivity index (χ3v) is 5.08. The van der Waals surface area contributed by atoms with Gasteiger partial charge in [0.1, 0.15) is 5.82 Å². The van der Waals surface area contributed by atoms with E-state index in [-0.39, 0.29) is 10.9 Å². The number of rotatable bonds is 8. The van der Waals surface area contributed by atoms with E-state index < -0.39 is 10.1 Å². The molecule has 0 radical (unpaired) electrons. The number of hydrogen-bond donors (Lipinski definition) is 4. The molecule has 3 rings (SSSR count). The van der Waals surface area contributed by atoms with Crippen molar-refractivity contribution in [3.8, 4) is 0 Å². The Balaban J connectivity index is 1.72. The maximum absolute atomic E-state index is 11.1. The molecule has 1 heterocycles. The zero-order valence-corrected chi connectivity index (χ0v) is 15.5. The van der Waals surface area contributed by atoms with Crippen LogP contribution < -0.4 is 16.2 Å². The van der Waals surface area contributed by atoms with Crippen LogP contribution in [0.25, 0.3) is 0 Å². The molecule has 0 amide bonds. The van der Waals surface area contributed by atoms with E-state index >= 15 is 0 Å². The molecule has 1 aliphatic rings. The third-order valence-electron chi connectivity index (χ3n) is 4.22. The normalized spacial score (nSPS) is 15.3. The second kappa shape index (κ2) is 7.46. The Hall–Kier alpha value is -2.39. The van der Waals surface area contributed by atoms with Crippen LogP contribution in [0.5, 0.6) is 0 Å². The van der Waals surface area contributed by atoms with Crippen molar-refractivity contribution in [1.29, 1.82) is 0 Å². The SMILES string of the molecule is CC[C@H](C)Nc1nc(NNc2ccc(S(=O)(=O)O)cc2)cc(C2CC2)n1. The molecule has 1 fully saturated rings. The third kappa shape index (κ3) is 4.83. The average molecular weight is 377 g/mol. The van der Waals surface area contributed by atoms with Crippen LogP contribution in [-0.2, 0) is 10.1 Å². The molecule has 8 nitrogen and oxygen atoms in total. The van der Waals surface area contributed by atoms with Gasteiger partial charge in [0.2, 0.25) is 5.95 Å². The van der Waals surface area contributed by atoms with Crippen molar-refractivity contribution in [1.82, 2.24) is 9.97 Å². The molecule has 1 aliphatic carbocycles. The summed E-state index contributed by atoms with van der Waals surface area (Å²) in [6, 6.07) is 7.95. The van der Waals surface area contributed by atoms with Gasteiger partial charge in [-0.05, 0) is 50.5 Å². The molecule has 1 aromatic carbocycles. The molecule has 2 aromatic rings. The maximum Gasteiger partial charge on any atom is 0.294 e. The molecule has 0 aliphatic heterocycles. The van der Waals surface area contributed by atoms with Gasteiger partial charge in [0.05, 0.1) is 16.3 Å². The van der Waals surface area contributed by atoms with Gasteiger partial charge < -0.3 is 5.32 Å². The van der Waals surface area contributed by atoms with Crippen molar-refractivity contribution < 1.29 is 13.0 Å². The average Bonchev–Trinajstić information content (AvgIpc) is 3.44. The molecule has 0 unspecified atom stereocenters. The lowest BCUT2D eigenvalue weighted by atomic mass is 10.2. The fourth-order valence-corrected chi connectivity index (χ4v) is 2.83. The van der Waals surface area contributed by atoms with E-state index in [1.165, 1.54) is 12.1 Å². The van der Waals surface area contributed by atoms with Gasteiger partial charge in [0.25, 0.3) is 10.1 Å². The lowest BCUT2D eigenvalue weighted by molar-refractivity contribution is 0.483. The van der Waals surface area contributed by atoms with E-state index in [0.29, 0.717) is 23.4 Å². The summed E-state index contributed by atoms with van der Waals surface area (Å²) in [6.07, 6.45) is 3.26. The number of nitrogens with one attached hydrogen (secondary N) is 3. The zero-order valence-electron chi connectivity index (χ0n) is 14.7. The predicted molar refractivity (Wildman–Crippen MR) is 101 cm³/mol. The minimum absolute atomic E-state index is 0.152. The topological polar surface area (TPSA) is 116 Å². The van der Waals surface area contributed by atoms with Gasteiger partial charge in [-0.25, -0.2) is 4.98 Å². The second-order valence-electron chi connectivity index (χ2n) is 6.48. The molecule has 1 atom stereocenters. The van der Waals surface area contributed by atoms with Crippen molar-refractivity contribution in [3.05, 3.63) is 36.0 Å². The van der Waals surface area contributed by atoms with Crippen molar-refractivity contribution in [2.45, 2.75) is 50.0 Å². The van der Waals surface area contributed by atoms with Crippen LogP contribution in [0, 0.1) is 0 Å². The summed E-state index contributed by atoms with van der Waals surface area (Å²) in [7, 11) is -4.19. The zero-order chi connectivity index (χ0) is 18.7. The highest BCUT2D eigenvalue weighted by atomic mass is 32.2. The lowest BCUT2D eigenvalue weighted by Crippen LogP contribution is -2.18. The monoisotopic (exact) mass is 377 g/mol. The van der Waals surface area contributed by atoms with Crippen molar-refractivity contribution >= 4 is 27.6 Å². The molecule has 4 N–H and O–H groups in total. The maximum atomic E-state index is 11.1. The second-order valence-corrected chi connectivity index (χ2v) is 7.90. The Bertz CT molecular complexity index is 866. The molecular weight excluding hydrogens is 354 g/mol. The summed E-state index contributed by atoms with van der Waals surface area (Å²) in [6.45, 7) is 4.18. The largest absolute Gasteiger partial charge is 0.352 e. The van der Waals surface area contributed by atoms with Crippen LogP contribution in [0.3, 0.4) is 0 Å². The predicted octanol–water partition coefficient (Wildman–Crippen LogP) is 3.25. The standard InChI is InChI=1S/C17H23N5O3S/c1-3-11(2)18-17-19-15(12-4-5-12)10-16(20-17)22-21-13-6-8-14(9-7-13)26(23,24)25/h6-12,21H,3-5H2,1-2H3,(H,23,24,25)(H2,18,19,20,22)/t11-/m0/s1. The Morgan fingerprint density at radius 1 is 1.19 bits per heavy atom. The Kier molecular flexibility index (Phi) is 5.28. The fourth-order valence-electron chi connectivity index (χ4n) is 2.35. The van der Waals surface area contributed by atoms with Crippen LogP contribution in [0.2, 0.25) is 0 Å². The highest BCUT2D eigenvalue weighted by molar-refractivity contribution is 7.85. The minimum atomic E-state index is -4.19. The summed E-state index contributed by atoms with van der Waals surface area (Å²) in [5.41, 5.74) is 7.65. The summed E-state index contributed by atoms with van der Waals surface area (Å²) >= 11 is 0. The Labute approximate surface area is 153 Å². The number of hydrazine groups is 1. The highest BCUT2D eigenvalue weighted by Gasteiger charge is 2.26. The van der Waals surface area contributed by atoms with E-state index in [1.807, 2.05) is 6.07 Å². The molecule has 0 spiro atoms. The number of hydrogen-bond acceptors (Lipinski definition) is 7. The van der Waals surface area contributed by atoms with Gasteiger partial charge in [-0.1, -0.05) is 6.92 Å². The van der Waals surface area contributed by atoms with Crippen LogP contribution in [0.1, 0.15) is 44.7 Å². The van der Waals surface area contributed by atoms with E-state index in [0.717, 1.165) is 25.0 Å². The van der Waals surface area contributed by atoms with Crippen LogP contribution >= 0.6 is 0 Å². The van der Waals surface area contributed by atoms with Gasteiger partial charge in [-0.3, -0.25) is 15.4 Å². The van der Waals surface area contributed by atoms with Crippen LogP contribution in [0.15, 0.2) is 35.2 Å². The van der Waals surface area contributed by atoms with Gasteiger partial charge in [-0.15, -0.1) is 0 Å². The molecule has 0 bridgehead atoms. The summed E-state index contributed by atoms with van der Waals surface area (Å²) in [5.74, 6) is 1.71. The first-order valence-corrected chi connectivity index (χ1v) is 10.0. The first-order chi connectivity index (χ1) is 12.3. The highest BCUT2D eigenvalue weighted by Crippen LogP contribution is 2.39.